The van der Waals surface area contributed by atoms with Gasteiger partial charge in [-0.25, -0.2) is 0 Å². The minimum Gasteiger partial charge on any atom is -0.371 e. The zero-order valence-corrected chi connectivity index (χ0v) is 16.8. The van der Waals surface area contributed by atoms with Crippen LogP contribution in [0.2, 0.25) is 0 Å². The fourth-order valence-corrected chi connectivity index (χ4v) is 3.78. The molecular formula is C24H26O6. The Labute approximate surface area is 176 Å². The highest BCUT2D eigenvalue weighted by atomic mass is 16.6. The Bertz CT molecular complexity index is 777. The van der Waals surface area contributed by atoms with Crippen molar-refractivity contribution in [2.45, 2.75) is 36.6 Å². The predicted octanol–water partition coefficient (Wildman–Crippen LogP) is 3.06. The van der Waals surface area contributed by atoms with Crippen molar-refractivity contribution in [3.8, 4) is 11.1 Å². The zero-order valence-electron chi connectivity index (χ0n) is 16.8. The molecule has 0 spiro atoms. The van der Waals surface area contributed by atoms with Gasteiger partial charge in [0.2, 0.25) is 0 Å². The maximum Gasteiger partial charge on any atom is 0.111 e. The van der Waals surface area contributed by atoms with Gasteiger partial charge in [0.1, 0.15) is 36.6 Å². The van der Waals surface area contributed by atoms with Crippen molar-refractivity contribution in [1.82, 2.24) is 0 Å². The molecule has 0 radical (unpaired) electrons. The van der Waals surface area contributed by atoms with Gasteiger partial charge in [-0.2, -0.15) is 0 Å². The third-order valence-corrected chi connectivity index (χ3v) is 5.93. The van der Waals surface area contributed by atoms with Gasteiger partial charge in [0, 0.05) is 0 Å². The van der Waals surface area contributed by atoms with E-state index < -0.39 is 0 Å². The normalized spacial score (nSPS) is 30.5. The van der Waals surface area contributed by atoms with Crippen LogP contribution in [0.4, 0.5) is 0 Å². The Hall–Kier alpha value is -1.80. The van der Waals surface area contributed by atoms with Crippen LogP contribution in [0, 0.1) is 0 Å². The molecule has 6 nitrogen and oxygen atoms in total. The summed E-state index contributed by atoms with van der Waals surface area (Å²) in [5, 5.41) is 0. The van der Waals surface area contributed by atoms with Crippen molar-refractivity contribution < 1.29 is 28.4 Å². The highest BCUT2D eigenvalue weighted by Crippen LogP contribution is 2.35. The second-order valence-electron chi connectivity index (χ2n) is 8.41. The first-order chi connectivity index (χ1) is 14.8. The fourth-order valence-electron chi connectivity index (χ4n) is 3.78. The first-order valence-electron chi connectivity index (χ1n) is 10.7. The summed E-state index contributed by atoms with van der Waals surface area (Å²) in [7, 11) is 0. The van der Waals surface area contributed by atoms with Crippen molar-refractivity contribution in [2.75, 3.05) is 39.6 Å². The van der Waals surface area contributed by atoms with E-state index in [2.05, 4.69) is 48.5 Å². The number of hydrogen-bond acceptors (Lipinski definition) is 6. The van der Waals surface area contributed by atoms with E-state index in [0.717, 1.165) is 37.6 Å². The standard InChI is InChI=1S/C24H26O6/c1-5-17(23(21-13-27-21)29-11-19-9-25-19)6-2-15(1)16-3-7-18(8-4-16)24(22-14-28-22)30-12-20-10-26-20/h1-8,19-24H,9-14H2. The molecule has 0 saturated carbocycles. The Morgan fingerprint density at radius 2 is 0.967 bits per heavy atom. The van der Waals surface area contributed by atoms with Crippen LogP contribution in [0.3, 0.4) is 0 Å². The van der Waals surface area contributed by atoms with E-state index in [1.54, 1.807) is 0 Å². The molecule has 0 bridgehead atoms. The first-order valence-corrected chi connectivity index (χ1v) is 10.7. The number of ether oxygens (including phenoxy) is 6. The zero-order chi connectivity index (χ0) is 19.9. The smallest absolute Gasteiger partial charge is 0.111 e. The molecule has 6 atom stereocenters. The molecule has 6 unspecified atom stereocenters. The van der Waals surface area contributed by atoms with E-state index in [1.165, 1.54) is 11.1 Å². The van der Waals surface area contributed by atoms with Gasteiger partial charge in [-0.3, -0.25) is 0 Å². The third kappa shape index (κ3) is 4.59. The molecule has 4 aliphatic heterocycles. The minimum atomic E-state index is -0.0162. The lowest BCUT2D eigenvalue weighted by Crippen LogP contribution is -2.14. The van der Waals surface area contributed by atoms with Gasteiger partial charge in [0.05, 0.1) is 39.6 Å². The third-order valence-electron chi connectivity index (χ3n) is 5.93. The topological polar surface area (TPSA) is 68.6 Å². The summed E-state index contributed by atoms with van der Waals surface area (Å²) in [6.45, 7) is 4.41. The van der Waals surface area contributed by atoms with Gasteiger partial charge in [-0.05, 0) is 22.3 Å². The molecule has 6 rings (SSSR count). The lowest BCUT2D eigenvalue weighted by molar-refractivity contribution is 0.0233. The second kappa shape index (κ2) is 8.04. The van der Waals surface area contributed by atoms with Crippen LogP contribution >= 0.6 is 0 Å². The second-order valence-corrected chi connectivity index (χ2v) is 8.41. The summed E-state index contributed by atoms with van der Waals surface area (Å²) in [6, 6.07) is 17.2. The van der Waals surface area contributed by atoms with E-state index in [4.69, 9.17) is 28.4 Å². The van der Waals surface area contributed by atoms with Crippen LogP contribution in [-0.4, -0.2) is 64.1 Å². The van der Waals surface area contributed by atoms with Gasteiger partial charge in [0.15, 0.2) is 0 Å². The molecule has 0 amide bonds. The molecule has 4 aliphatic rings. The largest absolute Gasteiger partial charge is 0.371 e. The summed E-state index contributed by atoms with van der Waals surface area (Å²) < 4.78 is 33.6. The quantitative estimate of drug-likeness (QED) is 0.531. The Balaban J connectivity index is 1.13. The van der Waals surface area contributed by atoms with Crippen molar-refractivity contribution in [2.24, 2.45) is 0 Å². The minimum absolute atomic E-state index is 0.0162. The van der Waals surface area contributed by atoms with Crippen LogP contribution in [-0.2, 0) is 28.4 Å². The lowest BCUT2D eigenvalue weighted by Gasteiger charge is -2.17. The van der Waals surface area contributed by atoms with Crippen LogP contribution in [0.25, 0.3) is 11.1 Å². The van der Waals surface area contributed by atoms with E-state index >= 15 is 0 Å². The van der Waals surface area contributed by atoms with E-state index in [0.29, 0.717) is 13.2 Å². The Morgan fingerprint density at radius 1 is 0.600 bits per heavy atom. The summed E-state index contributed by atoms with van der Waals surface area (Å²) in [5.74, 6) is 0. The Morgan fingerprint density at radius 3 is 1.27 bits per heavy atom. The number of rotatable bonds is 11. The number of benzene rings is 2. The van der Waals surface area contributed by atoms with Gasteiger partial charge in [-0.15, -0.1) is 0 Å². The van der Waals surface area contributed by atoms with Crippen LogP contribution in [0.15, 0.2) is 48.5 Å². The molecular weight excluding hydrogens is 384 g/mol. The SMILES string of the molecule is c1cc(C(OCC2CO2)C2CO2)ccc1-c1ccc(C(OCC2CO2)C2CO2)cc1. The Kier molecular flexibility index (Phi) is 5.07. The van der Waals surface area contributed by atoms with Gasteiger partial charge in [0.25, 0.3) is 0 Å². The van der Waals surface area contributed by atoms with Crippen molar-refractivity contribution in [1.29, 1.82) is 0 Å². The maximum absolute atomic E-state index is 6.05. The predicted molar refractivity (Wildman–Crippen MR) is 108 cm³/mol. The lowest BCUT2D eigenvalue weighted by atomic mass is 9.98. The van der Waals surface area contributed by atoms with Crippen molar-refractivity contribution in [3.63, 3.8) is 0 Å². The molecule has 2 aromatic rings. The summed E-state index contributed by atoms with van der Waals surface area (Å²) in [4.78, 5) is 0. The molecule has 6 heteroatoms. The molecule has 30 heavy (non-hydrogen) atoms. The van der Waals surface area contributed by atoms with Gasteiger partial charge < -0.3 is 28.4 Å². The first kappa shape index (κ1) is 18.9. The summed E-state index contributed by atoms with van der Waals surface area (Å²) in [5.41, 5.74) is 4.66. The molecule has 158 valence electrons. The molecule has 0 aromatic heterocycles. The van der Waals surface area contributed by atoms with Crippen LogP contribution < -0.4 is 0 Å². The molecule has 4 saturated heterocycles. The number of hydrogen-bond donors (Lipinski definition) is 0. The molecule has 2 aromatic carbocycles. The van der Waals surface area contributed by atoms with Crippen molar-refractivity contribution in [3.05, 3.63) is 59.7 Å². The van der Waals surface area contributed by atoms with Gasteiger partial charge in [-0.1, -0.05) is 48.5 Å². The van der Waals surface area contributed by atoms with Crippen LogP contribution in [0.1, 0.15) is 23.3 Å². The van der Waals surface area contributed by atoms with Crippen molar-refractivity contribution >= 4 is 0 Å². The average molecular weight is 410 g/mol. The number of epoxide rings is 4. The van der Waals surface area contributed by atoms with Crippen LogP contribution in [0.5, 0.6) is 0 Å². The molecule has 4 fully saturated rings. The molecule has 0 N–H and O–H groups in total. The summed E-state index contributed by atoms with van der Waals surface area (Å²) in [6.07, 6.45) is 0.812. The van der Waals surface area contributed by atoms with E-state index in [-0.39, 0.29) is 36.6 Å². The van der Waals surface area contributed by atoms with E-state index in [1.807, 2.05) is 0 Å². The highest BCUT2D eigenvalue weighted by molar-refractivity contribution is 5.64. The monoisotopic (exact) mass is 410 g/mol. The molecule has 4 heterocycles. The van der Waals surface area contributed by atoms with E-state index in [9.17, 15) is 0 Å². The summed E-state index contributed by atoms with van der Waals surface area (Å²) >= 11 is 0. The maximum atomic E-state index is 6.05. The fraction of sp³-hybridized carbons (Fsp3) is 0.500. The van der Waals surface area contributed by atoms with Gasteiger partial charge >= 0.3 is 0 Å². The molecule has 0 aliphatic carbocycles. The average Bonchev–Trinajstić information content (AvgIpc) is 3.63. The highest BCUT2D eigenvalue weighted by Gasteiger charge is 2.37.